The largest absolute Gasteiger partial charge is 0.462 e. The molecular formula is C20H27IN2O6Si. The molecule has 0 aliphatic carbocycles. The number of fused-ring (bicyclic) bond motifs is 1. The Labute approximate surface area is 189 Å². The summed E-state index contributed by atoms with van der Waals surface area (Å²) >= 11 is 1.92. The molecule has 0 aliphatic heterocycles. The zero-order chi connectivity index (χ0) is 22.9. The Morgan fingerprint density at radius 1 is 1.37 bits per heavy atom. The van der Waals surface area contributed by atoms with Crippen LogP contribution in [0.4, 0.5) is 5.69 Å². The van der Waals surface area contributed by atoms with Crippen molar-refractivity contribution in [1.82, 2.24) is 4.57 Å². The van der Waals surface area contributed by atoms with Crippen molar-refractivity contribution in [3.63, 3.8) is 0 Å². The number of hydrogen-bond donors (Lipinski definition) is 1. The molecule has 1 N–H and O–H groups in total. The van der Waals surface area contributed by atoms with Crippen molar-refractivity contribution in [2.75, 3.05) is 6.61 Å². The number of carbonyl (C=O) groups is 1. The third-order valence-electron chi connectivity index (χ3n) is 5.67. The zero-order valence-corrected chi connectivity index (χ0v) is 21.0. The number of aromatic nitrogens is 1. The second-order valence-electron chi connectivity index (χ2n) is 8.41. The molecule has 0 atom stereocenters. The minimum atomic E-state index is -2.40. The SMILES string of the molecule is CCOC(=O)c1cn(CCCC(C)(C)[Si](C)(C)O)c2c([N+](=O)[O-])cc(I)cc2c1=O. The second-order valence-corrected chi connectivity index (χ2v) is 14.1. The Morgan fingerprint density at radius 2 is 2.00 bits per heavy atom. The highest BCUT2D eigenvalue weighted by Gasteiger charge is 2.37. The smallest absolute Gasteiger partial charge is 0.343 e. The molecule has 30 heavy (non-hydrogen) atoms. The van der Waals surface area contributed by atoms with Crippen molar-refractivity contribution in [3.05, 3.63) is 47.8 Å². The number of nitro groups is 1. The first-order chi connectivity index (χ1) is 13.8. The summed E-state index contributed by atoms with van der Waals surface area (Å²) in [5, 5.41) is 11.5. The van der Waals surface area contributed by atoms with Gasteiger partial charge in [0, 0.05) is 22.4 Å². The van der Waals surface area contributed by atoms with E-state index in [1.165, 1.54) is 12.3 Å². The van der Waals surface area contributed by atoms with Crippen LogP contribution in [0.1, 0.15) is 44.0 Å². The van der Waals surface area contributed by atoms with E-state index in [2.05, 4.69) is 0 Å². The maximum absolute atomic E-state index is 12.9. The number of hydrogen-bond acceptors (Lipinski definition) is 6. The van der Waals surface area contributed by atoms with Gasteiger partial charge in [0.25, 0.3) is 5.69 Å². The lowest BCUT2D eigenvalue weighted by Gasteiger charge is -2.35. The Kier molecular flexibility index (Phi) is 7.46. The maximum Gasteiger partial charge on any atom is 0.343 e. The summed E-state index contributed by atoms with van der Waals surface area (Å²) in [6.07, 6.45) is 2.67. The van der Waals surface area contributed by atoms with Gasteiger partial charge in [0.1, 0.15) is 11.1 Å². The molecule has 0 aliphatic rings. The summed E-state index contributed by atoms with van der Waals surface area (Å²) in [4.78, 5) is 46.9. The van der Waals surface area contributed by atoms with Crippen LogP contribution in [0.25, 0.3) is 10.9 Å². The number of ether oxygens (including phenoxy) is 1. The average Bonchev–Trinajstić information content (AvgIpc) is 2.62. The van der Waals surface area contributed by atoms with Crippen LogP contribution in [0.5, 0.6) is 0 Å². The molecule has 0 bridgehead atoms. The molecule has 0 spiro atoms. The number of aryl methyl sites for hydroxylation is 1. The van der Waals surface area contributed by atoms with Gasteiger partial charge in [-0.2, -0.15) is 0 Å². The summed E-state index contributed by atoms with van der Waals surface area (Å²) in [7, 11) is -2.40. The molecule has 0 unspecified atom stereocenters. The number of nitro benzene ring substituents is 1. The number of esters is 1. The van der Waals surface area contributed by atoms with E-state index in [0.29, 0.717) is 23.0 Å². The minimum absolute atomic E-state index is 0.118. The fraction of sp³-hybridized carbons (Fsp3) is 0.500. The van der Waals surface area contributed by atoms with Crippen LogP contribution in [-0.2, 0) is 11.3 Å². The van der Waals surface area contributed by atoms with E-state index in [1.807, 2.05) is 49.5 Å². The average molecular weight is 546 g/mol. The number of rotatable bonds is 8. The van der Waals surface area contributed by atoms with E-state index >= 15 is 0 Å². The predicted molar refractivity (Wildman–Crippen MR) is 127 cm³/mol. The van der Waals surface area contributed by atoms with Gasteiger partial charge in [-0.1, -0.05) is 13.8 Å². The van der Waals surface area contributed by atoms with Gasteiger partial charge < -0.3 is 14.1 Å². The summed E-state index contributed by atoms with van der Waals surface area (Å²) in [5.74, 6) is -0.746. The van der Waals surface area contributed by atoms with Crippen LogP contribution in [0.3, 0.4) is 0 Å². The molecule has 0 fully saturated rings. The summed E-state index contributed by atoms with van der Waals surface area (Å²) in [6.45, 7) is 9.91. The first-order valence-electron chi connectivity index (χ1n) is 9.70. The normalized spacial score (nSPS) is 12.2. The van der Waals surface area contributed by atoms with Crippen molar-refractivity contribution in [1.29, 1.82) is 0 Å². The molecule has 2 aromatic rings. The topological polar surface area (TPSA) is 112 Å². The number of carbonyl (C=O) groups excluding carboxylic acids is 1. The highest BCUT2D eigenvalue weighted by Crippen LogP contribution is 2.40. The summed E-state index contributed by atoms with van der Waals surface area (Å²) in [6, 6.07) is 2.97. The molecule has 164 valence electrons. The van der Waals surface area contributed by atoms with E-state index in [9.17, 15) is 24.5 Å². The number of halogens is 1. The van der Waals surface area contributed by atoms with Crippen LogP contribution in [0.2, 0.25) is 18.1 Å². The highest BCUT2D eigenvalue weighted by molar-refractivity contribution is 14.1. The highest BCUT2D eigenvalue weighted by atomic mass is 127. The number of benzene rings is 1. The quantitative estimate of drug-likeness (QED) is 0.172. The number of nitrogens with zero attached hydrogens (tertiary/aromatic N) is 2. The molecule has 0 amide bonds. The van der Waals surface area contributed by atoms with Gasteiger partial charge in [-0.3, -0.25) is 14.9 Å². The molecule has 8 nitrogen and oxygen atoms in total. The lowest BCUT2D eigenvalue weighted by atomic mass is 10.1. The first-order valence-corrected chi connectivity index (χ1v) is 13.7. The van der Waals surface area contributed by atoms with Crippen LogP contribution >= 0.6 is 22.6 Å². The summed E-state index contributed by atoms with van der Waals surface area (Å²) in [5.41, 5.74) is -0.709. The van der Waals surface area contributed by atoms with Gasteiger partial charge >= 0.3 is 5.97 Å². The van der Waals surface area contributed by atoms with Gasteiger partial charge in [-0.15, -0.1) is 0 Å². The van der Waals surface area contributed by atoms with Crippen molar-refractivity contribution >= 4 is 53.5 Å². The van der Waals surface area contributed by atoms with E-state index in [1.54, 1.807) is 17.6 Å². The Morgan fingerprint density at radius 3 is 2.53 bits per heavy atom. The van der Waals surface area contributed by atoms with Crippen LogP contribution < -0.4 is 5.43 Å². The van der Waals surface area contributed by atoms with Crippen molar-refractivity contribution < 1.29 is 19.3 Å². The molecule has 10 heteroatoms. The lowest BCUT2D eigenvalue weighted by molar-refractivity contribution is -0.383. The number of pyridine rings is 1. The predicted octanol–water partition coefficient (Wildman–Crippen LogP) is 4.45. The van der Waals surface area contributed by atoms with Crippen LogP contribution in [0.15, 0.2) is 23.1 Å². The van der Waals surface area contributed by atoms with E-state index in [-0.39, 0.29) is 33.8 Å². The lowest BCUT2D eigenvalue weighted by Crippen LogP contribution is -2.39. The molecule has 2 rings (SSSR count). The molecule has 0 saturated carbocycles. The van der Waals surface area contributed by atoms with E-state index < -0.39 is 24.6 Å². The van der Waals surface area contributed by atoms with Gasteiger partial charge in [0.05, 0.1) is 16.9 Å². The first kappa shape index (κ1) is 24.5. The molecule has 0 saturated heterocycles. The van der Waals surface area contributed by atoms with Gasteiger partial charge in [0.15, 0.2) is 8.32 Å². The van der Waals surface area contributed by atoms with Gasteiger partial charge in [-0.25, -0.2) is 4.79 Å². The Hall–Kier alpha value is -1.79. The zero-order valence-electron chi connectivity index (χ0n) is 17.8. The van der Waals surface area contributed by atoms with Crippen molar-refractivity contribution in [2.24, 2.45) is 0 Å². The van der Waals surface area contributed by atoms with Crippen molar-refractivity contribution in [2.45, 2.75) is 58.3 Å². The minimum Gasteiger partial charge on any atom is -0.462 e. The maximum atomic E-state index is 12.9. The molecule has 1 heterocycles. The molecule has 0 radical (unpaired) electrons. The van der Waals surface area contributed by atoms with Gasteiger partial charge in [-0.05, 0) is 66.6 Å². The Balaban J connectivity index is 2.63. The second kappa shape index (κ2) is 9.14. The van der Waals surface area contributed by atoms with Crippen LogP contribution in [-0.4, -0.2) is 35.2 Å². The summed E-state index contributed by atoms with van der Waals surface area (Å²) < 4.78 is 7.14. The van der Waals surface area contributed by atoms with Crippen molar-refractivity contribution in [3.8, 4) is 0 Å². The molecule has 1 aromatic carbocycles. The fourth-order valence-electron chi connectivity index (χ4n) is 3.15. The third-order valence-corrected chi connectivity index (χ3v) is 9.85. The standard InChI is InChI=1S/C20H27IN2O6Si/c1-6-29-19(25)15-12-22(9-7-8-20(2,3)30(4,5)28)17-14(18(15)24)10-13(21)11-16(17)23(26)27/h10-12,28H,6-9H2,1-5H3. The third kappa shape index (κ3) is 5.09. The van der Waals surface area contributed by atoms with E-state index in [4.69, 9.17) is 4.74 Å². The number of non-ortho nitro benzene ring substituents is 1. The molecular weight excluding hydrogens is 519 g/mol. The monoisotopic (exact) mass is 546 g/mol. The van der Waals surface area contributed by atoms with E-state index in [0.717, 1.165) is 0 Å². The molecule has 1 aromatic heterocycles. The fourth-order valence-corrected chi connectivity index (χ4v) is 4.55. The van der Waals surface area contributed by atoms with Crippen LogP contribution in [0, 0.1) is 13.7 Å². The Bertz CT molecular complexity index is 1040. The van der Waals surface area contributed by atoms with Gasteiger partial charge in [0.2, 0.25) is 5.43 Å².